The van der Waals surface area contributed by atoms with Gasteiger partial charge in [0.25, 0.3) is 0 Å². The van der Waals surface area contributed by atoms with E-state index in [1.807, 2.05) is 30.3 Å². The van der Waals surface area contributed by atoms with Crippen LogP contribution in [0.3, 0.4) is 0 Å². The zero-order chi connectivity index (χ0) is 16.8. The van der Waals surface area contributed by atoms with E-state index >= 15 is 0 Å². The average Bonchev–Trinajstić information content (AvgIpc) is 3.04. The monoisotopic (exact) mass is 344 g/mol. The quantitative estimate of drug-likeness (QED) is 0.805. The standard InChI is InChI=1S/C19H24N2O2S/c1-14(9-16-7-8-24-13-16)20-17-10-18(11-17)21-19(22)23-12-15-5-3-2-4-6-15/h2-8,13-14,17-18,20H,9-12H2,1H3,(H,21,22). The predicted molar refractivity (Wildman–Crippen MR) is 97.2 cm³/mol. The van der Waals surface area contributed by atoms with E-state index in [1.54, 1.807) is 11.3 Å². The van der Waals surface area contributed by atoms with Crippen molar-refractivity contribution in [1.82, 2.24) is 10.6 Å². The Morgan fingerprint density at radius 3 is 2.71 bits per heavy atom. The van der Waals surface area contributed by atoms with Crippen LogP contribution in [0.2, 0.25) is 0 Å². The van der Waals surface area contributed by atoms with Gasteiger partial charge in [0.2, 0.25) is 0 Å². The first kappa shape index (κ1) is 17.0. The van der Waals surface area contributed by atoms with Crippen LogP contribution in [-0.2, 0) is 17.8 Å². The molecule has 1 amide bonds. The summed E-state index contributed by atoms with van der Waals surface area (Å²) in [6, 6.07) is 13.1. The summed E-state index contributed by atoms with van der Waals surface area (Å²) in [7, 11) is 0. The van der Waals surface area contributed by atoms with Crippen molar-refractivity contribution in [2.24, 2.45) is 0 Å². The fraction of sp³-hybridized carbons (Fsp3) is 0.421. The summed E-state index contributed by atoms with van der Waals surface area (Å²) in [5.74, 6) is 0. The van der Waals surface area contributed by atoms with Crippen molar-refractivity contribution in [3.05, 3.63) is 58.3 Å². The van der Waals surface area contributed by atoms with Crippen LogP contribution in [0.25, 0.3) is 0 Å². The van der Waals surface area contributed by atoms with E-state index < -0.39 is 0 Å². The lowest BCUT2D eigenvalue weighted by atomic mass is 9.86. The minimum atomic E-state index is -0.325. The molecule has 128 valence electrons. The molecule has 2 N–H and O–H groups in total. The first-order valence-corrected chi connectivity index (χ1v) is 9.37. The van der Waals surface area contributed by atoms with Gasteiger partial charge < -0.3 is 15.4 Å². The number of alkyl carbamates (subject to hydrolysis) is 1. The van der Waals surface area contributed by atoms with E-state index in [9.17, 15) is 4.79 Å². The lowest BCUT2D eigenvalue weighted by Crippen LogP contribution is -2.54. The molecule has 5 heteroatoms. The number of hydrogen-bond acceptors (Lipinski definition) is 4. The minimum Gasteiger partial charge on any atom is -0.445 e. The summed E-state index contributed by atoms with van der Waals surface area (Å²) in [6.07, 6.45) is 2.66. The molecule has 0 aliphatic heterocycles. The Balaban J connectivity index is 1.29. The summed E-state index contributed by atoms with van der Waals surface area (Å²) in [4.78, 5) is 11.8. The highest BCUT2D eigenvalue weighted by atomic mass is 32.1. The van der Waals surface area contributed by atoms with Gasteiger partial charge in [0.05, 0.1) is 0 Å². The minimum absolute atomic E-state index is 0.221. The zero-order valence-electron chi connectivity index (χ0n) is 13.9. The van der Waals surface area contributed by atoms with Crippen LogP contribution in [-0.4, -0.2) is 24.2 Å². The van der Waals surface area contributed by atoms with E-state index in [4.69, 9.17) is 4.74 Å². The molecular weight excluding hydrogens is 320 g/mol. The summed E-state index contributed by atoms with van der Waals surface area (Å²) in [5, 5.41) is 10.9. The van der Waals surface area contributed by atoms with E-state index in [0.29, 0.717) is 18.7 Å². The molecule has 1 heterocycles. The maximum atomic E-state index is 11.8. The van der Waals surface area contributed by atoms with Gasteiger partial charge in [-0.2, -0.15) is 11.3 Å². The molecule has 4 nitrogen and oxygen atoms in total. The Hall–Kier alpha value is -1.85. The van der Waals surface area contributed by atoms with E-state index in [1.165, 1.54) is 5.56 Å². The van der Waals surface area contributed by atoms with Crippen molar-refractivity contribution >= 4 is 17.4 Å². The molecule has 1 aromatic carbocycles. The predicted octanol–water partition coefficient (Wildman–Crippen LogP) is 3.73. The average molecular weight is 344 g/mol. The summed E-state index contributed by atoms with van der Waals surface area (Å²) < 4.78 is 5.25. The molecule has 0 saturated heterocycles. The van der Waals surface area contributed by atoms with Crippen molar-refractivity contribution < 1.29 is 9.53 Å². The number of thiophene rings is 1. The van der Waals surface area contributed by atoms with Gasteiger partial charge in [-0.3, -0.25) is 0 Å². The second-order valence-electron chi connectivity index (χ2n) is 6.47. The summed E-state index contributed by atoms with van der Waals surface area (Å²) in [6.45, 7) is 2.53. The topological polar surface area (TPSA) is 50.4 Å². The Morgan fingerprint density at radius 1 is 1.21 bits per heavy atom. The Bertz CT molecular complexity index is 624. The van der Waals surface area contributed by atoms with Crippen molar-refractivity contribution in [2.75, 3.05) is 0 Å². The SMILES string of the molecule is CC(Cc1ccsc1)NC1CC(NC(=O)OCc2ccccc2)C1. The fourth-order valence-corrected chi connectivity index (χ4v) is 3.71. The highest BCUT2D eigenvalue weighted by Gasteiger charge is 2.31. The second-order valence-corrected chi connectivity index (χ2v) is 7.25. The maximum absolute atomic E-state index is 11.8. The van der Waals surface area contributed by atoms with Crippen LogP contribution < -0.4 is 10.6 Å². The van der Waals surface area contributed by atoms with Gasteiger partial charge in [0, 0.05) is 18.1 Å². The van der Waals surface area contributed by atoms with Gasteiger partial charge in [-0.05, 0) is 54.1 Å². The van der Waals surface area contributed by atoms with E-state index in [0.717, 1.165) is 24.8 Å². The highest BCUT2D eigenvalue weighted by Crippen LogP contribution is 2.21. The smallest absolute Gasteiger partial charge is 0.407 e. The number of ether oxygens (including phenoxy) is 1. The fourth-order valence-electron chi connectivity index (χ4n) is 3.03. The molecule has 0 radical (unpaired) electrons. The number of carbonyl (C=O) groups is 1. The van der Waals surface area contributed by atoms with Crippen molar-refractivity contribution in [2.45, 2.75) is 50.9 Å². The Morgan fingerprint density at radius 2 is 2.00 bits per heavy atom. The molecule has 0 spiro atoms. The number of amides is 1. The third-order valence-electron chi connectivity index (χ3n) is 4.32. The Kier molecular flexibility index (Phi) is 5.88. The van der Waals surface area contributed by atoms with Crippen LogP contribution >= 0.6 is 11.3 Å². The van der Waals surface area contributed by atoms with Gasteiger partial charge in [0.15, 0.2) is 0 Å². The first-order valence-electron chi connectivity index (χ1n) is 8.43. The highest BCUT2D eigenvalue weighted by molar-refractivity contribution is 7.07. The van der Waals surface area contributed by atoms with Gasteiger partial charge in [0.1, 0.15) is 6.61 Å². The van der Waals surface area contributed by atoms with Crippen molar-refractivity contribution in [3.8, 4) is 0 Å². The number of hydrogen-bond donors (Lipinski definition) is 2. The molecule has 1 saturated carbocycles. The third kappa shape index (κ3) is 5.08. The van der Waals surface area contributed by atoms with Crippen LogP contribution in [0.1, 0.15) is 30.9 Å². The van der Waals surface area contributed by atoms with Crippen LogP contribution in [0.15, 0.2) is 47.2 Å². The first-order chi connectivity index (χ1) is 11.7. The molecule has 3 rings (SSSR count). The van der Waals surface area contributed by atoms with E-state index in [-0.39, 0.29) is 12.1 Å². The maximum Gasteiger partial charge on any atom is 0.407 e. The molecule has 1 aliphatic rings. The number of nitrogens with one attached hydrogen (secondary N) is 2. The molecule has 1 fully saturated rings. The summed E-state index contributed by atoms with van der Waals surface area (Å²) in [5.41, 5.74) is 2.39. The van der Waals surface area contributed by atoms with Crippen molar-refractivity contribution in [1.29, 1.82) is 0 Å². The van der Waals surface area contributed by atoms with Crippen molar-refractivity contribution in [3.63, 3.8) is 0 Å². The van der Waals surface area contributed by atoms with E-state index in [2.05, 4.69) is 34.4 Å². The number of rotatable bonds is 7. The number of benzene rings is 1. The molecule has 1 atom stereocenters. The zero-order valence-corrected chi connectivity index (χ0v) is 14.7. The van der Waals surface area contributed by atoms with Crippen LogP contribution in [0.5, 0.6) is 0 Å². The molecular formula is C19H24N2O2S. The molecule has 1 aromatic heterocycles. The lowest BCUT2D eigenvalue weighted by Gasteiger charge is -2.37. The van der Waals surface area contributed by atoms with Gasteiger partial charge >= 0.3 is 6.09 Å². The van der Waals surface area contributed by atoms with Gasteiger partial charge in [-0.15, -0.1) is 0 Å². The molecule has 2 aromatic rings. The molecule has 24 heavy (non-hydrogen) atoms. The largest absolute Gasteiger partial charge is 0.445 e. The second kappa shape index (κ2) is 8.31. The van der Waals surface area contributed by atoms with Crippen LogP contribution in [0.4, 0.5) is 4.79 Å². The van der Waals surface area contributed by atoms with Gasteiger partial charge in [-0.25, -0.2) is 4.79 Å². The molecule has 1 aliphatic carbocycles. The molecule has 0 bridgehead atoms. The van der Waals surface area contributed by atoms with Crippen LogP contribution in [0, 0.1) is 0 Å². The third-order valence-corrected chi connectivity index (χ3v) is 5.05. The molecule has 1 unspecified atom stereocenters. The van der Waals surface area contributed by atoms with Gasteiger partial charge in [-0.1, -0.05) is 30.3 Å². The normalized spacial score (nSPS) is 20.9. The Labute approximate surface area is 147 Å². The lowest BCUT2D eigenvalue weighted by molar-refractivity contribution is 0.124. The number of carbonyl (C=O) groups excluding carboxylic acids is 1. The summed E-state index contributed by atoms with van der Waals surface area (Å²) >= 11 is 1.74.